The molecule has 0 N–H and O–H groups in total. The molecule has 0 atom stereocenters. The van der Waals surface area contributed by atoms with Gasteiger partial charge < -0.3 is 4.57 Å². The van der Waals surface area contributed by atoms with E-state index in [1.165, 1.54) is 11.1 Å². The molecule has 0 saturated heterocycles. The van der Waals surface area contributed by atoms with Gasteiger partial charge in [-0.25, -0.2) is 0 Å². The number of rotatable bonds is 2. The zero-order chi connectivity index (χ0) is 16.0. The first-order valence-electron chi connectivity index (χ1n) is 7.96. The number of hydrogen-bond acceptors (Lipinski definition) is 1. The molecule has 0 saturated carbocycles. The van der Waals surface area contributed by atoms with Gasteiger partial charge in [0.05, 0.1) is 11.0 Å². The lowest BCUT2D eigenvalue weighted by Gasteiger charge is -2.14. The van der Waals surface area contributed by atoms with Gasteiger partial charge in [-0.1, -0.05) is 39.8 Å². The maximum Gasteiger partial charge on any atom is 0.197 e. The molecule has 2 heteroatoms. The molecule has 2 aromatic carbocycles. The van der Waals surface area contributed by atoms with Crippen molar-refractivity contribution in [2.75, 3.05) is 0 Å². The first-order chi connectivity index (χ1) is 10.4. The molecule has 114 valence electrons. The highest BCUT2D eigenvalue weighted by atomic mass is 16.1. The van der Waals surface area contributed by atoms with E-state index in [1.807, 2.05) is 13.1 Å². The minimum atomic E-state index is 0.140. The van der Waals surface area contributed by atoms with Crippen LogP contribution in [0.3, 0.4) is 0 Å². The Balaban J connectivity index is 2.43. The summed E-state index contributed by atoms with van der Waals surface area (Å²) in [4.78, 5) is 12.9. The summed E-state index contributed by atoms with van der Waals surface area (Å²) in [5.74, 6) is 0.881. The summed E-state index contributed by atoms with van der Waals surface area (Å²) in [6.07, 6.45) is 0. The quantitative estimate of drug-likeness (QED) is 0.613. The van der Waals surface area contributed by atoms with E-state index in [0.29, 0.717) is 11.8 Å². The molecule has 0 aliphatic carbocycles. The number of fused-ring (bicyclic) bond motifs is 2. The summed E-state index contributed by atoms with van der Waals surface area (Å²) in [5, 5.41) is 1.62. The van der Waals surface area contributed by atoms with Gasteiger partial charge in [0.2, 0.25) is 0 Å². The molecule has 3 rings (SSSR count). The number of aromatic nitrogens is 1. The minimum absolute atomic E-state index is 0.140. The standard InChI is InChI=1S/C20H23NO/c1-12(2)14-7-9-18-17(10-14)20(22)16-8-6-15(13(3)4)11-19(16)21(18)5/h6-13H,1-5H3. The summed E-state index contributed by atoms with van der Waals surface area (Å²) in [6, 6.07) is 12.5. The zero-order valence-corrected chi connectivity index (χ0v) is 14.0. The van der Waals surface area contributed by atoms with Gasteiger partial charge in [-0.2, -0.15) is 0 Å². The first kappa shape index (κ1) is 14.8. The Kier molecular flexibility index (Phi) is 3.56. The number of aryl methyl sites for hydroxylation is 1. The smallest absolute Gasteiger partial charge is 0.197 e. The molecule has 22 heavy (non-hydrogen) atoms. The van der Waals surface area contributed by atoms with Gasteiger partial charge in [0, 0.05) is 17.8 Å². The third-order valence-electron chi connectivity index (χ3n) is 4.59. The Morgan fingerprint density at radius 2 is 1.36 bits per heavy atom. The Morgan fingerprint density at radius 1 is 0.773 bits per heavy atom. The predicted octanol–water partition coefficient (Wildman–Crippen LogP) is 4.94. The fraction of sp³-hybridized carbons (Fsp3) is 0.350. The lowest BCUT2D eigenvalue weighted by Crippen LogP contribution is -2.10. The van der Waals surface area contributed by atoms with Crippen molar-refractivity contribution < 1.29 is 0 Å². The van der Waals surface area contributed by atoms with Crippen LogP contribution in [-0.4, -0.2) is 4.57 Å². The van der Waals surface area contributed by atoms with Crippen LogP contribution in [0.4, 0.5) is 0 Å². The van der Waals surface area contributed by atoms with Gasteiger partial charge >= 0.3 is 0 Å². The van der Waals surface area contributed by atoms with Crippen LogP contribution in [0.5, 0.6) is 0 Å². The molecule has 1 heterocycles. The molecule has 0 fully saturated rings. The number of benzene rings is 2. The zero-order valence-electron chi connectivity index (χ0n) is 14.0. The summed E-state index contributed by atoms with van der Waals surface area (Å²) in [6.45, 7) is 8.66. The average Bonchev–Trinajstić information content (AvgIpc) is 2.51. The fourth-order valence-electron chi connectivity index (χ4n) is 3.04. The van der Waals surface area contributed by atoms with Gasteiger partial charge in [-0.05, 0) is 47.2 Å². The van der Waals surface area contributed by atoms with E-state index in [2.05, 4.69) is 62.6 Å². The number of pyridine rings is 1. The third kappa shape index (κ3) is 2.23. The molecule has 0 aliphatic heterocycles. The average molecular weight is 293 g/mol. The van der Waals surface area contributed by atoms with Crippen molar-refractivity contribution in [2.24, 2.45) is 7.05 Å². The monoisotopic (exact) mass is 293 g/mol. The molecule has 0 spiro atoms. The summed E-state index contributed by atoms with van der Waals surface area (Å²) < 4.78 is 2.14. The Bertz CT molecular complexity index is 916. The van der Waals surface area contributed by atoms with Crippen LogP contribution in [0.1, 0.15) is 50.7 Å². The molecule has 0 radical (unpaired) electrons. The first-order valence-corrected chi connectivity index (χ1v) is 7.96. The van der Waals surface area contributed by atoms with Crippen molar-refractivity contribution in [1.29, 1.82) is 0 Å². The van der Waals surface area contributed by atoms with Crippen LogP contribution in [0.25, 0.3) is 21.8 Å². The Labute approximate surface area is 131 Å². The molecular weight excluding hydrogens is 270 g/mol. The van der Waals surface area contributed by atoms with Crippen molar-refractivity contribution >= 4 is 21.8 Å². The van der Waals surface area contributed by atoms with Crippen molar-refractivity contribution in [3.8, 4) is 0 Å². The highest BCUT2D eigenvalue weighted by molar-refractivity contribution is 5.94. The van der Waals surface area contributed by atoms with E-state index in [0.717, 1.165) is 21.8 Å². The Hall–Kier alpha value is -2.09. The van der Waals surface area contributed by atoms with Gasteiger partial charge in [-0.15, -0.1) is 0 Å². The van der Waals surface area contributed by atoms with Gasteiger partial charge in [0.1, 0.15) is 0 Å². The van der Waals surface area contributed by atoms with Crippen LogP contribution in [-0.2, 0) is 7.05 Å². The summed E-state index contributed by atoms with van der Waals surface area (Å²) in [7, 11) is 2.04. The maximum absolute atomic E-state index is 12.9. The summed E-state index contributed by atoms with van der Waals surface area (Å²) in [5.41, 5.74) is 4.63. The minimum Gasteiger partial charge on any atom is -0.343 e. The van der Waals surface area contributed by atoms with E-state index < -0.39 is 0 Å². The number of nitrogens with zero attached hydrogens (tertiary/aromatic N) is 1. The highest BCUT2D eigenvalue weighted by Crippen LogP contribution is 2.25. The fourth-order valence-corrected chi connectivity index (χ4v) is 3.04. The van der Waals surface area contributed by atoms with Crippen LogP contribution in [0.15, 0.2) is 41.2 Å². The van der Waals surface area contributed by atoms with Gasteiger partial charge in [0.15, 0.2) is 5.43 Å². The summed E-state index contributed by atoms with van der Waals surface area (Å²) >= 11 is 0. The molecule has 2 nitrogen and oxygen atoms in total. The maximum atomic E-state index is 12.9. The predicted molar refractivity (Wildman–Crippen MR) is 94.9 cm³/mol. The topological polar surface area (TPSA) is 22.0 Å². The molecule has 0 bridgehead atoms. The Morgan fingerprint density at radius 3 is 2.00 bits per heavy atom. The van der Waals surface area contributed by atoms with Crippen LogP contribution in [0.2, 0.25) is 0 Å². The SMILES string of the molecule is CC(C)c1ccc2c(c1)c(=O)c1ccc(C(C)C)cc1n2C. The van der Waals surface area contributed by atoms with Crippen molar-refractivity contribution in [3.05, 3.63) is 57.7 Å². The lowest BCUT2D eigenvalue weighted by molar-refractivity contribution is 0.864. The van der Waals surface area contributed by atoms with E-state index >= 15 is 0 Å². The van der Waals surface area contributed by atoms with Crippen molar-refractivity contribution in [1.82, 2.24) is 4.57 Å². The van der Waals surface area contributed by atoms with Crippen LogP contribution in [0, 0.1) is 0 Å². The second kappa shape index (κ2) is 5.28. The largest absolute Gasteiger partial charge is 0.343 e. The molecule has 3 aromatic rings. The van der Waals surface area contributed by atoms with Crippen LogP contribution < -0.4 is 5.43 Å². The normalized spacial score (nSPS) is 12.0. The molecular formula is C20H23NO. The van der Waals surface area contributed by atoms with Gasteiger partial charge in [0.25, 0.3) is 0 Å². The number of hydrogen-bond donors (Lipinski definition) is 0. The van der Waals surface area contributed by atoms with E-state index in [9.17, 15) is 4.79 Å². The van der Waals surface area contributed by atoms with E-state index in [4.69, 9.17) is 0 Å². The third-order valence-corrected chi connectivity index (χ3v) is 4.59. The second-order valence-electron chi connectivity index (χ2n) is 6.75. The van der Waals surface area contributed by atoms with Crippen molar-refractivity contribution in [2.45, 2.75) is 39.5 Å². The molecule has 1 aromatic heterocycles. The molecule has 0 unspecified atom stereocenters. The van der Waals surface area contributed by atoms with Gasteiger partial charge in [-0.3, -0.25) is 4.79 Å². The second-order valence-corrected chi connectivity index (χ2v) is 6.75. The van der Waals surface area contributed by atoms with Crippen molar-refractivity contribution in [3.63, 3.8) is 0 Å². The molecule has 0 amide bonds. The highest BCUT2D eigenvalue weighted by Gasteiger charge is 2.11. The lowest BCUT2D eigenvalue weighted by atomic mass is 9.98. The van der Waals surface area contributed by atoms with E-state index in [-0.39, 0.29) is 5.43 Å². The van der Waals surface area contributed by atoms with E-state index in [1.54, 1.807) is 0 Å². The van der Waals surface area contributed by atoms with Crippen LogP contribution >= 0.6 is 0 Å². The molecule has 0 aliphatic rings.